The molecule has 0 unspecified atom stereocenters. The Kier molecular flexibility index (Phi) is 8.98. The molecule has 0 heterocycles. The van der Waals surface area contributed by atoms with Crippen molar-refractivity contribution in [2.24, 2.45) is 0 Å². The van der Waals surface area contributed by atoms with Crippen LogP contribution in [0.1, 0.15) is 6.92 Å². The predicted octanol–water partition coefficient (Wildman–Crippen LogP) is -2.09. The Labute approximate surface area is 95.6 Å². The zero-order valence-corrected chi connectivity index (χ0v) is 10.9. The van der Waals surface area contributed by atoms with Gasteiger partial charge in [0.1, 0.15) is 13.2 Å². The van der Waals surface area contributed by atoms with Crippen molar-refractivity contribution in [2.75, 3.05) is 34.3 Å². The molecular formula is C7H16INO2S. The van der Waals surface area contributed by atoms with Crippen LogP contribution < -0.4 is 24.0 Å². The lowest BCUT2D eigenvalue weighted by atomic mass is 10.5. The first-order valence-electron chi connectivity index (χ1n) is 3.52. The second-order valence-electron chi connectivity index (χ2n) is 3.41. The topological polar surface area (TPSA) is 26.3 Å². The molecule has 0 rings (SSSR count). The molecule has 0 aromatic carbocycles. The van der Waals surface area contributed by atoms with Gasteiger partial charge in [-0.25, -0.2) is 0 Å². The van der Waals surface area contributed by atoms with E-state index in [4.69, 9.17) is 4.18 Å². The summed E-state index contributed by atoms with van der Waals surface area (Å²) in [6.07, 6.45) is 0. The van der Waals surface area contributed by atoms with Crippen LogP contribution in [0.3, 0.4) is 0 Å². The first-order valence-corrected chi connectivity index (χ1v) is 4.26. The van der Waals surface area contributed by atoms with Crippen molar-refractivity contribution < 1.29 is 37.4 Å². The fourth-order valence-electron chi connectivity index (χ4n) is 0.436. The van der Waals surface area contributed by atoms with Crippen LogP contribution in [0, 0.1) is 0 Å². The minimum Gasteiger partial charge on any atom is -1.00 e. The quantitative estimate of drug-likeness (QED) is 0.258. The summed E-state index contributed by atoms with van der Waals surface area (Å²) in [6.45, 7) is 3.03. The van der Waals surface area contributed by atoms with E-state index < -0.39 is 0 Å². The third-order valence-corrected chi connectivity index (χ3v) is 1.54. The van der Waals surface area contributed by atoms with E-state index in [2.05, 4.69) is 21.1 Å². The molecule has 3 nitrogen and oxygen atoms in total. The van der Waals surface area contributed by atoms with E-state index in [1.165, 1.54) is 6.92 Å². The van der Waals surface area contributed by atoms with Gasteiger partial charge in [0.15, 0.2) is 0 Å². The Morgan fingerprint density at radius 1 is 1.42 bits per heavy atom. The van der Waals surface area contributed by atoms with E-state index in [0.717, 1.165) is 23.1 Å². The lowest BCUT2D eigenvalue weighted by molar-refractivity contribution is -0.870. The summed E-state index contributed by atoms with van der Waals surface area (Å²) in [4.78, 5) is 10.4. The highest BCUT2D eigenvalue weighted by Crippen LogP contribution is 2.03. The highest BCUT2D eigenvalue weighted by atomic mass is 127. The van der Waals surface area contributed by atoms with Gasteiger partial charge in [-0.05, 0) is 0 Å². The molecule has 0 saturated carbocycles. The molecule has 5 heteroatoms. The van der Waals surface area contributed by atoms with Gasteiger partial charge in [-0.3, -0.25) is 4.79 Å². The van der Waals surface area contributed by atoms with Crippen LogP contribution >= 0.6 is 12.0 Å². The monoisotopic (exact) mass is 305 g/mol. The summed E-state index contributed by atoms with van der Waals surface area (Å²) >= 11 is 0.923. The number of nitrogens with zero attached hydrogens (tertiary/aromatic N) is 1. The average molecular weight is 305 g/mol. The second kappa shape index (κ2) is 7.11. The van der Waals surface area contributed by atoms with Crippen molar-refractivity contribution in [3.8, 4) is 0 Å². The van der Waals surface area contributed by atoms with Gasteiger partial charge in [-0.15, -0.1) is 0 Å². The summed E-state index contributed by atoms with van der Waals surface area (Å²) in [5, 5.41) is 0.00593. The lowest BCUT2D eigenvalue weighted by Gasteiger charge is -2.22. The zero-order valence-electron chi connectivity index (χ0n) is 7.96. The summed E-state index contributed by atoms with van der Waals surface area (Å²) in [7, 11) is 6.26. The highest BCUT2D eigenvalue weighted by Gasteiger charge is 2.06. The molecule has 0 aliphatic heterocycles. The molecule has 12 heavy (non-hydrogen) atoms. The molecule has 0 aromatic rings. The Balaban J connectivity index is 0. The molecule has 0 aliphatic rings. The number of carbonyl (C=O) groups excluding carboxylic acids is 1. The van der Waals surface area contributed by atoms with E-state index in [9.17, 15) is 4.79 Å². The van der Waals surface area contributed by atoms with Crippen molar-refractivity contribution in [1.82, 2.24) is 0 Å². The number of carbonyl (C=O) groups is 1. The van der Waals surface area contributed by atoms with Crippen molar-refractivity contribution in [3.63, 3.8) is 0 Å². The molecule has 0 saturated heterocycles. The van der Waals surface area contributed by atoms with Crippen LogP contribution in [0.2, 0.25) is 0 Å². The Hall–Kier alpha value is 0.670. The summed E-state index contributed by atoms with van der Waals surface area (Å²) < 4.78 is 5.88. The van der Waals surface area contributed by atoms with E-state index in [-0.39, 0.29) is 29.1 Å². The van der Waals surface area contributed by atoms with E-state index >= 15 is 0 Å². The molecule has 0 atom stereocenters. The minimum absolute atomic E-state index is 0. The smallest absolute Gasteiger partial charge is 0.212 e. The summed E-state index contributed by atoms with van der Waals surface area (Å²) in [5.74, 6) is 0. The molecule has 0 aliphatic carbocycles. The van der Waals surface area contributed by atoms with Gasteiger partial charge in [0.25, 0.3) is 0 Å². The van der Waals surface area contributed by atoms with E-state index in [0.29, 0.717) is 6.61 Å². The van der Waals surface area contributed by atoms with Gasteiger partial charge < -0.3 is 32.6 Å². The largest absolute Gasteiger partial charge is 1.00 e. The number of hydrogen-bond acceptors (Lipinski definition) is 3. The molecule has 0 aromatic heterocycles. The second-order valence-corrected chi connectivity index (χ2v) is 4.39. The first-order chi connectivity index (χ1) is 4.92. The summed E-state index contributed by atoms with van der Waals surface area (Å²) in [5.41, 5.74) is 0. The molecule has 0 amide bonds. The number of quaternary nitrogens is 1. The van der Waals surface area contributed by atoms with Crippen molar-refractivity contribution in [3.05, 3.63) is 0 Å². The first kappa shape index (κ1) is 15.2. The van der Waals surface area contributed by atoms with Crippen LogP contribution in [0.15, 0.2) is 0 Å². The number of halogens is 1. The fraction of sp³-hybridized carbons (Fsp3) is 0.857. The fourth-order valence-corrected chi connectivity index (χ4v) is 0.760. The van der Waals surface area contributed by atoms with Crippen LogP contribution in [0.25, 0.3) is 0 Å². The highest BCUT2D eigenvalue weighted by molar-refractivity contribution is 8.09. The van der Waals surface area contributed by atoms with Gasteiger partial charge in [0.2, 0.25) is 5.12 Å². The molecule has 0 N–H and O–H groups in total. The number of likely N-dealkylation sites (N-methyl/N-ethyl adjacent to an activating group) is 1. The van der Waals surface area contributed by atoms with E-state index in [1.54, 1.807) is 0 Å². The van der Waals surface area contributed by atoms with Gasteiger partial charge in [0.05, 0.1) is 33.2 Å². The molecule has 0 radical (unpaired) electrons. The minimum atomic E-state index is 0. The van der Waals surface area contributed by atoms with Crippen LogP contribution in [-0.4, -0.2) is 43.9 Å². The maximum absolute atomic E-state index is 10.4. The average Bonchev–Trinajstić information content (AvgIpc) is 1.78. The van der Waals surface area contributed by atoms with Crippen molar-refractivity contribution in [2.45, 2.75) is 6.92 Å². The van der Waals surface area contributed by atoms with Crippen LogP contribution in [-0.2, 0) is 8.98 Å². The normalized spacial score (nSPS) is 10.7. The van der Waals surface area contributed by atoms with Gasteiger partial charge in [-0.2, -0.15) is 0 Å². The number of rotatable bonds is 4. The Morgan fingerprint density at radius 2 is 1.92 bits per heavy atom. The van der Waals surface area contributed by atoms with Crippen LogP contribution in [0.5, 0.6) is 0 Å². The maximum atomic E-state index is 10.4. The lowest BCUT2D eigenvalue weighted by Crippen LogP contribution is -3.00. The van der Waals surface area contributed by atoms with Gasteiger partial charge in [-0.1, -0.05) is 0 Å². The maximum Gasteiger partial charge on any atom is 0.212 e. The molecule has 0 spiro atoms. The zero-order chi connectivity index (χ0) is 8.91. The standard InChI is InChI=1S/C7H16NO2S.HI/c1-7(9)11-10-6-5-8(2,3)4;/h5-6H2,1-4H3;1H/q+1;/p-1. The SMILES string of the molecule is CC(=O)SOCC[N+](C)(C)C.[I-]. The third-order valence-electron chi connectivity index (χ3n) is 1.02. The molecular weight excluding hydrogens is 289 g/mol. The molecule has 0 bridgehead atoms. The Bertz CT molecular complexity index is 136. The van der Waals surface area contributed by atoms with Gasteiger partial charge >= 0.3 is 0 Å². The van der Waals surface area contributed by atoms with E-state index in [1.807, 2.05) is 0 Å². The molecule has 74 valence electrons. The van der Waals surface area contributed by atoms with Gasteiger partial charge in [0, 0.05) is 6.92 Å². The summed E-state index contributed by atoms with van der Waals surface area (Å²) in [6, 6.07) is 0. The van der Waals surface area contributed by atoms with Crippen molar-refractivity contribution in [1.29, 1.82) is 0 Å². The Morgan fingerprint density at radius 3 is 2.25 bits per heavy atom. The number of hydrogen-bond donors (Lipinski definition) is 0. The van der Waals surface area contributed by atoms with Crippen LogP contribution in [0.4, 0.5) is 0 Å². The molecule has 0 fully saturated rings. The predicted molar refractivity (Wildman–Crippen MR) is 47.1 cm³/mol. The van der Waals surface area contributed by atoms with Crippen molar-refractivity contribution >= 4 is 17.2 Å². The third kappa shape index (κ3) is 13.3.